The van der Waals surface area contributed by atoms with Crippen LogP contribution in [0.15, 0.2) is 42.7 Å². The second-order valence-electron chi connectivity index (χ2n) is 3.86. The third-order valence-electron chi connectivity index (χ3n) is 2.33. The van der Waals surface area contributed by atoms with Gasteiger partial charge in [-0.2, -0.15) is 0 Å². The van der Waals surface area contributed by atoms with E-state index in [-0.39, 0.29) is 5.56 Å². The Morgan fingerprint density at radius 3 is 2.55 bits per heavy atom. The van der Waals surface area contributed by atoms with E-state index < -0.39 is 12.0 Å². The van der Waals surface area contributed by atoms with Crippen molar-refractivity contribution in [1.82, 2.24) is 4.98 Å². The van der Waals surface area contributed by atoms with Crippen LogP contribution >= 0.6 is 22.6 Å². The Labute approximate surface area is 128 Å². The van der Waals surface area contributed by atoms with Gasteiger partial charge in [0, 0.05) is 15.5 Å². The fourth-order valence-electron chi connectivity index (χ4n) is 1.48. The van der Waals surface area contributed by atoms with E-state index in [2.05, 4.69) is 38.2 Å². The van der Waals surface area contributed by atoms with E-state index in [0.717, 1.165) is 3.57 Å². The molecule has 0 atom stereocenters. The minimum Gasteiger partial charge on any atom is -0.478 e. The monoisotopic (exact) mass is 383 g/mol. The Balaban J connectivity index is 2.04. The third kappa shape index (κ3) is 3.92. The number of urea groups is 1. The van der Waals surface area contributed by atoms with Crippen LogP contribution in [0.1, 0.15) is 10.4 Å². The molecule has 0 fully saturated rings. The summed E-state index contributed by atoms with van der Waals surface area (Å²) in [5, 5.41) is 14.0. The van der Waals surface area contributed by atoms with E-state index in [9.17, 15) is 9.59 Å². The molecule has 3 N–H and O–H groups in total. The normalized spacial score (nSPS) is 9.85. The van der Waals surface area contributed by atoms with Crippen LogP contribution in [0.4, 0.5) is 16.2 Å². The molecule has 2 rings (SSSR count). The molecule has 1 aromatic heterocycles. The fraction of sp³-hybridized carbons (Fsp3) is 0. The molecule has 1 heterocycles. The molecule has 2 amide bonds. The largest absolute Gasteiger partial charge is 0.478 e. The lowest BCUT2D eigenvalue weighted by molar-refractivity contribution is 0.0696. The zero-order valence-corrected chi connectivity index (χ0v) is 12.3. The maximum Gasteiger partial charge on any atom is 0.337 e. The average Bonchev–Trinajstić information content (AvgIpc) is 2.38. The number of amides is 2. The summed E-state index contributed by atoms with van der Waals surface area (Å²) in [5.74, 6) is -1.10. The fourth-order valence-corrected chi connectivity index (χ4v) is 2.03. The Hall–Kier alpha value is -2.16. The summed E-state index contributed by atoms with van der Waals surface area (Å²) >= 11 is 2.14. The lowest BCUT2D eigenvalue weighted by Gasteiger charge is -2.08. The minimum absolute atomic E-state index is 0.0112. The van der Waals surface area contributed by atoms with Crippen molar-refractivity contribution in [3.05, 3.63) is 51.9 Å². The van der Waals surface area contributed by atoms with Crippen molar-refractivity contribution < 1.29 is 14.7 Å². The Morgan fingerprint density at radius 1 is 1.10 bits per heavy atom. The van der Waals surface area contributed by atoms with Crippen LogP contribution in [0.2, 0.25) is 0 Å². The van der Waals surface area contributed by atoms with E-state index in [0.29, 0.717) is 11.4 Å². The van der Waals surface area contributed by atoms with E-state index in [1.807, 2.05) is 18.2 Å². The number of carbonyl (C=O) groups excluding carboxylic acids is 1. The summed E-state index contributed by atoms with van der Waals surface area (Å²) in [7, 11) is 0. The smallest absolute Gasteiger partial charge is 0.337 e. The first-order chi connectivity index (χ1) is 9.54. The molecule has 0 aliphatic carbocycles. The molecule has 0 bridgehead atoms. The van der Waals surface area contributed by atoms with Gasteiger partial charge in [-0.25, -0.2) is 9.59 Å². The number of anilines is 2. The number of pyridine rings is 1. The number of carboxylic acid groups (broad SMARTS) is 1. The van der Waals surface area contributed by atoms with Crippen molar-refractivity contribution in [3.8, 4) is 0 Å². The molecule has 20 heavy (non-hydrogen) atoms. The first-order valence-electron chi connectivity index (χ1n) is 5.56. The minimum atomic E-state index is -1.10. The number of nitrogens with zero attached hydrogens (tertiary/aromatic N) is 1. The molecular weight excluding hydrogens is 373 g/mol. The molecule has 102 valence electrons. The van der Waals surface area contributed by atoms with E-state index in [4.69, 9.17) is 5.11 Å². The van der Waals surface area contributed by atoms with Gasteiger partial charge in [-0.1, -0.05) is 6.07 Å². The van der Waals surface area contributed by atoms with Crippen LogP contribution in [0.25, 0.3) is 0 Å². The van der Waals surface area contributed by atoms with Crippen LogP contribution in [-0.2, 0) is 0 Å². The summed E-state index contributed by atoms with van der Waals surface area (Å²) in [6, 6.07) is 8.17. The van der Waals surface area contributed by atoms with Crippen molar-refractivity contribution in [2.45, 2.75) is 0 Å². The first-order valence-corrected chi connectivity index (χ1v) is 6.64. The number of nitrogens with one attached hydrogen (secondary N) is 2. The van der Waals surface area contributed by atoms with Gasteiger partial charge in [-0.05, 0) is 46.9 Å². The number of hydrogen-bond donors (Lipinski definition) is 3. The van der Waals surface area contributed by atoms with Gasteiger partial charge < -0.3 is 15.7 Å². The number of benzene rings is 1. The number of aromatic nitrogens is 1. The van der Waals surface area contributed by atoms with Crippen LogP contribution in [0.3, 0.4) is 0 Å². The van der Waals surface area contributed by atoms with Gasteiger partial charge in [0.05, 0.1) is 17.4 Å². The third-order valence-corrected chi connectivity index (χ3v) is 3.00. The highest BCUT2D eigenvalue weighted by Gasteiger charge is 2.07. The van der Waals surface area contributed by atoms with Crippen molar-refractivity contribution in [2.75, 3.05) is 10.6 Å². The second-order valence-corrected chi connectivity index (χ2v) is 5.10. The second kappa shape index (κ2) is 6.33. The molecule has 0 aliphatic heterocycles. The number of carbonyl (C=O) groups is 2. The molecule has 2 aromatic rings. The molecule has 0 aliphatic rings. The Bertz CT molecular complexity index is 661. The number of hydrogen-bond acceptors (Lipinski definition) is 3. The molecule has 0 radical (unpaired) electrons. The summed E-state index contributed by atoms with van der Waals surface area (Å²) in [4.78, 5) is 26.3. The zero-order chi connectivity index (χ0) is 14.5. The highest BCUT2D eigenvalue weighted by atomic mass is 127. The molecule has 0 saturated carbocycles. The average molecular weight is 383 g/mol. The van der Waals surface area contributed by atoms with Crippen LogP contribution < -0.4 is 10.6 Å². The van der Waals surface area contributed by atoms with E-state index >= 15 is 0 Å². The van der Waals surface area contributed by atoms with Crippen molar-refractivity contribution in [1.29, 1.82) is 0 Å². The maximum atomic E-state index is 11.8. The topological polar surface area (TPSA) is 91.3 Å². The van der Waals surface area contributed by atoms with Crippen molar-refractivity contribution in [2.24, 2.45) is 0 Å². The first kappa shape index (κ1) is 14.3. The van der Waals surface area contributed by atoms with Crippen LogP contribution in [0, 0.1) is 3.57 Å². The highest BCUT2D eigenvalue weighted by molar-refractivity contribution is 14.1. The van der Waals surface area contributed by atoms with Gasteiger partial charge >= 0.3 is 12.0 Å². The lowest BCUT2D eigenvalue weighted by Crippen LogP contribution is -2.19. The number of carboxylic acids is 1. The molecule has 6 nitrogen and oxygen atoms in total. The predicted octanol–water partition coefficient (Wildman–Crippen LogP) is 3.03. The standard InChI is InChI=1S/C13H10IN3O3/c14-9-2-1-3-10(5-9)16-13(20)17-11-4-8(12(18)19)6-15-7-11/h1-7H,(H,18,19)(H2,16,17,20). The van der Waals surface area contributed by atoms with E-state index in [1.54, 1.807) is 6.07 Å². The van der Waals surface area contributed by atoms with Gasteiger partial charge in [0.25, 0.3) is 0 Å². The summed E-state index contributed by atoms with van der Waals surface area (Å²) in [6.45, 7) is 0. The van der Waals surface area contributed by atoms with Crippen molar-refractivity contribution in [3.63, 3.8) is 0 Å². The number of aromatic carboxylic acids is 1. The van der Waals surface area contributed by atoms with Crippen LogP contribution in [-0.4, -0.2) is 22.1 Å². The zero-order valence-electron chi connectivity index (χ0n) is 10.1. The maximum absolute atomic E-state index is 11.8. The van der Waals surface area contributed by atoms with E-state index in [1.165, 1.54) is 18.5 Å². The highest BCUT2D eigenvalue weighted by Crippen LogP contribution is 2.13. The molecule has 0 saturated heterocycles. The summed E-state index contributed by atoms with van der Waals surface area (Å²) in [6.07, 6.45) is 2.59. The van der Waals surface area contributed by atoms with Gasteiger partial charge in [0.1, 0.15) is 0 Å². The van der Waals surface area contributed by atoms with Gasteiger partial charge in [-0.3, -0.25) is 4.98 Å². The SMILES string of the molecule is O=C(Nc1cccc(I)c1)Nc1cncc(C(=O)O)c1. The molecule has 0 spiro atoms. The van der Waals surface area contributed by atoms with Gasteiger partial charge in [-0.15, -0.1) is 0 Å². The van der Waals surface area contributed by atoms with Crippen molar-refractivity contribution >= 4 is 46.0 Å². The van der Waals surface area contributed by atoms with Gasteiger partial charge in [0.15, 0.2) is 0 Å². The number of rotatable bonds is 3. The van der Waals surface area contributed by atoms with Gasteiger partial charge in [0.2, 0.25) is 0 Å². The predicted molar refractivity (Wildman–Crippen MR) is 83.0 cm³/mol. The lowest BCUT2D eigenvalue weighted by atomic mass is 10.2. The molecule has 1 aromatic carbocycles. The summed E-state index contributed by atoms with van der Waals surface area (Å²) < 4.78 is 0.995. The quantitative estimate of drug-likeness (QED) is 0.711. The van der Waals surface area contributed by atoms with Crippen LogP contribution in [0.5, 0.6) is 0 Å². The molecular formula is C13H10IN3O3. The number of halogens is 1. The molecule has 0 unspecified atom stereocenters. The Kier molecular flexibility index (Phi) is 4.51. The Morgan fingerprint density at radius 2 is 1.85 bits per heavy atom. The molecule has 7 heteroatoms. The summed E-state index contributed by atoms with van der Waals surface area (Å²) in [5.41, 5.74) is 0.974.